The van der Waals surface area contributed by atoms with E-state index in [4.69, 9.17) is 5.73 Å². The van der Waals surface area contributed by atoms with Gasteiger partial charge in [0.1, 0.15) is 0 Å². The molecule has 0 aliphatic carbocycles. The van der Waals surface area contributed by atoms with Crippen molar-refractivity contribution >= 4 is 23.2 Å². The summed E-state index contributed by atoms with van der Waals surface area (Å²) in [7, 11) is 1.84. The molecule has 1 aromatic heterocycles. The van der Waals surface area contributed by atoms with Gasteiger partial charge < -0.3 is 11.1 Å². The monoisotopic (exact) mass is 321 g/mol. The number of nitrogens with zero attached hydrogens (tertiary/aromatic N) is 2. The molecule has 0 spiro atoms. The fourth-order valence-corrected chi connectivity index (χ4v) is 2.46. The molecule has 0 bridgehead atoms. The maximum absolute atomic E-state index is 12.2. The van der Waals surface area contributed by atoms with Crippen molar-refractivity contribution in [3.05, 3.63) is 60.2 Å². The van der Waals surface area contributed by atoms with E-state index >= 15 is 0 Å². The number of benzene rings is 2. The Balaban J connectivity index is 1.75. The number of anilines is 3. The Hall–Kier alpha value is -3.28. The van der Waals surface area contributed by atoms with Crippen LogP contribution in [0.1, 0.15) is 5.56 Å². The molecule has 0 unspecified atom stereocenters. The second-order valence-electron chi connectivity index (χ2n) is 5.57. The van der Waals surface area contributed by atoms with Gasteiger partial charge in [0.15, 0.2) is 5.82 Å². The summed E-state index contributed by atoms with van der Waals surface area (Å²) in [6.07, 6.45) is 0. The number of nitrogens with two attached hydrogens (primary N) is 1. The van der Waals surface area contributed by atoms with Gasteiger partial charge >= 0.3 is 6.03 Å². The van der Waals surface area contributed by atoms with Crippen LogP contribution in [-0.4, -0.2) is 15.8 Å². The molecule has 24 heavy (non-hydrogen) atoms. The highest BCUT2D eigenvalue weighted by molar-refractivity contribution is 6.01. The first-order chi connectivity index (χ1) is 11.5. The minimum Gasteiger partial charge on any atom is -0.397 e. The number of hydrogen-bond acceptors (Lipinski definition) is 3. The predicted octanol–water partition coefficient (Wildman–Crippen LogP) is 3.62. The molecule has 4 N–H and O–H groups in total. The lowest BCUT2D eigenvalue weighted by molar-refractivity contribution is 0.262. The van der Waals surface area contributed by atoms with Gasteiger partial charge in [0.2, 0.25) is 0 Å². The maximum Gasteiger partial charge on any atom is 0.324 e. The lowest BCUT2D eigenvalue weighted by Crippen LogP contribution is -2.20. The van der Waals surface area contributed by atoms with Gasteiger partial charge in [-0.3, -0.25) is 10.00 Å². The molecule has 1 heterocycles. The van der Waals surface area contributed by atoms with Gasteiger partial charge in [0.05, 0.1) is 17.1 Å². The molecule has 6 nitrogen and oxygen atoms in total. The van der Waals surface area contributed by atoms with Crippen LogP contribution in [-0.2, 0) is 7.05 Å². The van der Waals surface area contributed by atoms with Crippen LogP contribution in [0, 0.1) is 6.92 Å². The number of urea groups is 1. The molecule has 2 amide bonds. The normalized spacial score (nSPS) is 10.4. The van der Waals surface area contributed by atoms with Crippen LogP contribution in [0.25, 0.3) is 11.3 Å². The summed E-state index contributed by atoms with van der Waals surface area (Å²) in [5.41, 5.74) is 9.93. The Morgan fingerprint density at radius 3 is 2.58 bits per heavy atom. The van der Waals surface area contributed by atoms with Crippen molar-refractivity contribution in [3.63, 3.8) is 0 Å². The summed E-state index contributed by atoms with van der Waals surface area (Å²) in [5.74, 6) is 0.472. The third kappa shape index (κ3) is 3.38. The molecule has 122 valence electrons. The largest absolute Gasteiger partial charge is 0.397 e. The third-order valence-corrected chi connectivity index (χ3v) is 3.65. The molecule has 0 fully saturated rings. The van der Waals surface area contributed by atoms with Gasteiger partial charge in [-0.05, 0) is 30.2 Å². The number of amides is 2. The minimum atomic E-state index is -0.384. The fourth-order valence-electron chi connectivity index (χ4n) is 2.46. The first kappa shape index (κ1) is 15.6. The molecular weight excluding hydrogens is 302 g/mol. The summed E-state index contributed by atoms with van der Waals surface area (Å²) in [5, 5.41) is 9.80. The van der Waals surface area contributed by atoms with Crippen molar-refractivity contribution < 1.29 is 4.79 Å². The predicted molar refractivity (Wildman–Crippen MR) is 96.9 cm³/mol. The van der Waals surface area contributed by atoms with Crippen molar-refractivity contribution in [1.82, 2.24) is 9.78 Å². The van der Waals surface area contributed by atoms with E-state index < -0.39 is 0 Å². The fraction of sp³-hybridized carbons (Fsp3) is 0.111. The number of carbonyl (C=O) groups is 1. The molecule has 2 aromatic carbocycles. The first-order valence-electron chi connectivity index (χ1n) is 7.56. The lowest BCUT2D eigenvalue weighted by Gasteiger charge is -2.09. The van der Waals surface area contributed by atoms with Gasteiger partial charge in [-0.15, -0.1) is 0 Å². The van der Waals surface area contributed by atoms with Crippen LogP contribution in [0.3, 0.4) is 0 Å². The van der Waals surface area contributed by atoms with Crippen molar-refractivity contribution in [3.8, 4) is 11.3 Å². The molecule has 6 heteroatoms. The van der Waals surface area contributed by atoms with E-state index in [1.165, 1.54) is 0 Å². The molecule has 0 radical (unpaired) electrons. The lowest BCUT2D eigenvalue weighted by atomic mass is 10.1. The number of rotatable bonds is 3. The van der Waals surface area contributed by atoms with E-state index in [0.717, 1.165) is 16.8 Å². The number of nitrogen functional groups attached to an aromatic ring is 1. The van der Waals surface area contributed by atoms with Crippen LogP contribution in [0.5, 0.6) is 0 Å². The summed E-state index contributed by atoms with van der Waals surface area (Å²) in [6.45, 7) is 1.94. The van der Waals surface area contributed by atoms with Crippen LogP contribution >= 0.6 is 0 Å². The van der Waals surface area contributed by atoms with Crippen LogP contribution in [0.4, 0.5) is 22.0 Å². The number of aromatic nitrogens is 2. The Morgan fingerprint density at radius 1 is 1.08 bits per heavy atom. The topological polar surface area (TPSA) is 85.0 Å². The van der Waals surface area contributed by atoms with Crippen LogP contribution in [0.15, 0.2) is 54.6 Å². The van der Waals surface area contributed by atoms with Crippen molar-refractivity contribution in [1.29, 1.82) is 0 Å². The maximum atomic E-state index is 12.2. The van der Waals surface area contributed by atoms with Gasteiger partial charge in [0.25, 0.3) is 0 Å². The van der Waals surface area contributed by atoms with E-state index in [9.17, 15) is 4.79 Å². The van der Waals surface area contributed by atoms with E-state index in [2.05, 4.69) is 15.7 Å². The summed E-state index contributed by atoms with van der Waals surface area (Å²) < 4.78 is 1.73. The zero-order valence-electron chi connectivity index (χ0n) is 13.6. The number of carbonyl (C=O) groups excluding carboxylic acids is 1. The summed E-state index contributed by atoms with van der Waals surface area (Å²) in [4.78, 5) is 12.2. The quantitative estimate of drug-likeness (QED) is 0.644. The second-order valence-corrected chi connectivity index (χ2v) is 5.57. The highest BCUT2D eigenvalue weighted by Crippen LogP contribution is 2.23. The molecule has 0 aliphatic rings. The van der Waals surface area contributed by atoms with E-state index in [1.807, 2.05) is 62.5 Å². The van der Waals surface area contributed by atoms with Gasteiger partial charge in [0, 0.05) is 13.1 Å². The molecule has 3 aromatic rings. The first-order valence-corrected chi connectivity index (χ1v) is 7.56. The summed E-state index contributed by atoms with van der Waals surface area (Å²) in [6, 6.07) is 16.8. The molecular formula is C18H19N5O. The number of nitrogens with one attached hydrogen (secondary N) is 2. The van der Waals surface area contributed by atoms with Crippen LogP contribution in [0.2, 0.25) is 0 Å². The van der Waals surface area contributed by atoms with Crippen LogP contribution < -0.4 is 16.4 Å². The van der Waals surface area contributed by atoms with Gasteiger partial charge in [-0.1, -0.05) is 36.4 Å². The molecule has 0 aliphatic heterocycles. The highest BCUT2D eigenvalue weighted by Gasteiger charge is 2.11. The van der Waals surface area contributed by atoms with Gasteiger partial charge in [-0.25, -0.2) is 4.79 Å². The zero-order chi connectivity index (χ0) is 17.1. The number of hydrogen-bond donors (Lipinski definition) is 3. The number of aryl methyl sites for hydroxylation is 2. The smallest absolute Gasteiger partial charge is 0.324 e. The Labute approximate surface area is 140 Å². The third-order valence-electron chi connectivity index (χ3n) is 3.65. The average molecular weight is 321 g/mol. The Morgan fingerprint density at radius 2 is 1.83 bits per heavy atom. The molecule has 0 saturated heterocycles. The van der Waals surface area contributed by atoms with Crippen molar-refractivity contribution in [2.45, 2.75) is 6.92 Å². The standard InChI is InChI=1S/C18H19N5O/c1-12-8-9-14(19)15(10-12)20-18(24)21-17-11-16(23(2)22-17)13-6-4-3-5-7-13/h3-11H,19H2,1-2H3,(H2,20,21,22,24). The second kappa shape index (κ2) is 6.45. The van der Waals surface area contributed by atoms with E-state index in [-0.39, 0.29) is 6.03 Å². The van der Waals surface area contributed by atoms with Gasteiger partial charge in [-0.2, -0.15) is 5.10 Å². The van der Waals surface area contributed by atoms with E-state index in [0.29, 0.717) is 17.2 Å². The Bertz CT molecular complexity index is 870. The van der Waals surface area contributed by atoms with E-state index in [1.54, 1.807) is 10.7 Å². The zero-order valence-corrected chi connectivity index (χ0v) is 13.6. The average Bonchev–Trinajstić information content (AvgIpc) is 2.92. The molecule has 0 atom stereocenters. The highest BCUT2D eigenvalue weighted by atomic mass is 16.2. The summed E-state index contributed by atoms with van der Waals surface area (Å²) >= 11 is 0. The van der Waals surface area contributed by atoms with Crippen molar-refractivity contribution in [2.75, 3.05) is 16.4 Å². The minimum absolute atomic E-state index is 0.384. The molecule has 3 rings (SSSR count). The van der Waals surface area contributed by atoms with Crippen molar-refractivity contribution in [2.24, 2.45) is 7.05 Å². The SMILES string of the molecule is Cc1ccc(N)c(NC(=O)Nc2cc(-c3ccccc3)n(C)n2)c1. The molecule has 0 saturated carbocycles. The Kier molecular flexibility index (Phi) is 4.20.